The van der Waals surface area contributed by atoms with E-state index in [4.69, 9.17) is 4.42 Å². The van der Waals surface area contributed by atoms with E-state index in [1.807, 2.05) is 30.3 Å². The topological polar surface area (TPSA) is 114 Å². The van der Waals surface area contributed by atoms with Crippen LogP contribution in [0.1, 0.15) is 27.0 Å². The summed E-state index contributed by atoms with van der Waals surface area (Å²) in [6.07, 6.45) is 0. The number of fused-ring (bicyclic) bond motifs is 1. The Balaban J connectivity index is 1.53. The number of aryl methyl sites for hydroxylation is 2. The van der Waals surface area contributed by atoms with Gasteiger partial charge in [0.25, 0.3) is 11.5 Å². The van der Waals surface area contributed by atoms with Crippen molar-refractivity contribution in [3.63, 3.8) is 0 Å². The molecule has 0 atom stereocenters. The van der Waals surface area contributed by atoms with Gasteiger partial charge >= 0.3 is 0 Å². The first kappa shape index (κ1) is 17.1. The molecule has 3 heterocycles. The van der Waals surface area contributed by atoms with Gasteiger partial charge in [0.15, 0.2) is 0 Å². The van der Waals surface area contributed by atoms with Crippen LogP contribution in [0.25, 0.3) is 21.7 Å². The summed E-state index contributed by atoms with van der Waals surface area (Å²) in [6, 6.07) is 9.38. The van der Waals surface area contributed by atoms with Crippen molar-refractivity contribution in [3.8, 4) is 11.5 Å². The van der Waals surface area contributed by atoms with E-state index in [9.17, 15) is 9.59 Å². The number of thiophene rings is 1. The molecule has 0 fully saturated rings. The second-order valence-corrected chi connectivity index (χ2v) is 6.94. The number of rotatable bonds is 4. The number of benzene rings is 1. The molecule has 2 N–H and O–H groups in total. The first-order chi connectivity index (χ1) is 13.0. The summed E-state index contributed by atoms with van der Waals surface area (Å²) in [5.74, 6) is 0.893. The van der Waals surface area contributed by atoms with E-state index in [0.717, 1.165) is 5.56 Å². The number of aromatic nitrogens is 4. The minimum atomic E-state index is -0.313. The minimum absolute atomic E-state index is 0.0924. The molecule has 8 nitrogen and oxygen atoms in total. The van der Waals surface area contributed by atoms with E-state index in [1.54, 1.807) is 13.8 Å². The molecule has 0 aliphatic heterocycles. The van der Waals surface area contributed by atoms with Crippen molar-refractivity contribution in [2.24, 2.45) is 0 Å². The lowest BCUT2D eigenvalue weighted by Gasteiger charge is -2.01. The van der Waals surface area contributed by atoms with Crippen molar-refractivity contribution in [1.29, 1.82) is 0 Å². The molecule has 136 valence electrons. The summed E-state index contributed by atoms with van der Waals surface area (Å²) in [4.78, 5) is 32.6. The molecule has 0 saturated heterocycles. The smallest absolute Gasteiger partial charge is 0.262 e. The standard InChI is InChI=1S/C18H15N5O3S/c1-9-13-15(24)20-10(2)21-18(13)27-14(9)16(25)19-8-12-22-23-17(26-12)11-6-4-3-5-7-11/h3-7H,8H2,1-2H3,(H,19,25)(H,20,21,24). The van der Waals surface area contributed by atoms with Crippen LogP contribution in [0.2, 0.25) is 0 Å². The number of H-pyrrole nitrogens is 1. The molecular weight excluding hydrogens is 366 g/mol. The van der Waals surface area contributed by atoms with E-state index in [1.165, 1.54) is 11.3 Å². The highest BCUT2D eigenvalue weighted by atomic mass is 32.1. The van der Waals surface area contributed by atoms with Crippen LogP contribution in [0.3, 0.4) is 0 Å². The highest BCUT2D eigenvalue weighted by molar-refractivity contribution is 7.20. The molecule has 0 spiro atoms. The summed E-state index contributed by atoms with van der Waals surface area (Å²) in [5, 5.41) is 11.1. The van der Waals surface area contributed by atoms with E-state index in [0.29, 0.717) is 38.3 Å². The van der Waals surface area contributed by atoms with Gasteiger partial charge in [0.1, 0.15) is 10.7 Å². The summed E-state index contributed by atoms with van der Waals surface area (Å²) < 4.78 is 5.58. The van der Waals surface area contributed by atoms with Gasteiger partial charge in [0, 0.05) is 5.56 Å². The monoisotopic (exact) mass is 381 g/mol. The molecule has 0 aliphatic rings. The van der Waals surface area contributed by atoms with Gasteiger partial charge in [0.2, 0.25) is 11.8 Å². The lowest BCUT2D eigenvalue weighted by atomic mass is 10.2. The lowest BCUT2D eigenvalue weighted by Crippen LogP contribution is -2.22. The fourth-order valence-electron chi connectivity index (χ4n) is 2.73. The average Bonchev–Trinajstić information content (AvgIpc) is 3.25. The molecule has 0 aliphatic carbocycles. The number of carbonyl (C=O) groups is 1. The molecule has 9 heteroatoms. The van der Waals surface area contributed by atoms with Gasteiger partial charge in [-0.05, 0) is 31.5 Å². The quantitative estimate of drug-likeness (QED) is 0.562. The first-order valence-corrected chi connectivity index (χ1v) is 9.00. The summed E-state index contributed by atoms with van der Waals surface area (Å²) in [6.45, 7) is 3.53. The van der Waals surface area contributed by atoms with Crippen LogP contribution in [-0.4, -0.2) is 26.1 Å². The third-order valence-electron chi connectivity index (χ3n) is 4.01. The Hall–Kier alpha value is -3.33. The van der Waals surface area contributed by atoms with Gasteiger partial charge in [-0.3, -0.25) is 9.59 Å². The van der Waals surface area contributed by atoms with Crippen molar-refractivity contribution in [2.45, 2.75) is 20.4 Å². The predicted molar refractivity (Wildman–Crippen MR) is 101 cm³/mol. The maximum absolute atomic E-state index is 12.6. The van der Waals surface area contributed by atoms with Gasteiger partial charge in [0.05, 0.1) is 16.8 Å². The molecule has 0 radical (unpaired) electrons. The summed E-state index contributed by atoms with van der Waals surface area (Å²) in [7, 11) is 0. The third-order valence-corrected chi connectivity index (χ3v) is 5.20. The van der Waals surface area contributed by atoms with E-state index < -0.39 is 0 Å². The predicted octanol–water partition coefficient (Wildman–Crippen LogP) is 2.58. The van der Waals surface area contributed by atoms with Crippen molar-refractivity contribution in [1.82, 2.24) is 25.5 Å². The second kappa shape index (κ2) is 6.76. The maximum atomic E-state index is 12.6. The highest BCUT2D eigenvalue weighted by Gasteiger charge is 2.19. The fourth-order valence-corrected chi connectivity index (χ4v) is 3.87. The molecule has 0 unspecified atom stereocenters. The Labute approximate surface area is 157 Å². The van der Waals surface area contributed by atoms with Crippen molar-refractivity contribution >= 4 is 27.5 Å². The van der Waals surface area contributed by atoms with Gasteiger partial charge in [-0.1, -0.05) is 18.2 Å². The molecular formula is C18H15N5O3S. The van der Waals surface area contributed by atoms with Crippen molar-refractivity contribution in [2.75, 3.05) is 0 Å². The zero-order chi connectivity index (χ0) is 19.0. The molecule has 4 aromatic rings. The van der Waals surface area contributed by atoms with Gasteiger partial charge in [-0.15, -0.1) is 21.5 Å². The lowest BCUT2D eigenvalue weighted by molar-refractivity contribution is 0.0951. The van der Waals surface area contributed by atoms with Crippen LogP contribution < -0.4 is 10.9 Å². The first-order valence-electron chi connectivity index (χ1n) is 8.19. The van der Waals surface area contributed by atoms with E-state index in [-0.39, 0.29) is 18.0 Å². The largest absolute Gasteiger partial charge is 0.419 e. The number of hydrogen-bond donors (Lipinski definition) is 2. The molecule has 1 amide bonds. The Morgan fingerprint density at radius 1 is 1.22 bits per heavy atom. The minimum Gasteiger partial charge on any atom is -0.419 e. The summed E-state index contributed by atoms with van der Waals surface area (Å²) in [5.41, 5.74) is 1.18. The molecule has 4 rings (SSSR count). The van der Waals surface area contributed by atoms with E-state index in [2.05, 4.69) is 25.5 Å². The summed E-state index contributed by atoms with van der Waals surface area (Å²) >= 11 is 1.19. The molecule has 1 aromatic carbocycles. The maximum Gasteiger partial charge on any atom is 0.262 e. The molecule has 0 saturated carbocycles. The van der Waals surface area contributed by atoms with Crippen LogP contribution in [0.15, 0.2) is 39.5 Å². The van der Waals surface area contributed by atoms with Crippen LogP contribution in [-0.2, 0) is 6.54 Å². The Kier molecular flexibility index (Phi) is 4.28. The van der Waals surface area contributed by atoms with Gasteiger partial charge in [-0.25, -0.2) is 4.98 Å². The number of hydrogen-bond acceptors (Lipinski definition) is 7. The third kappa shape index (κ3) is 3.24. The van der Waals surface area contributed by atoms with Crippen molar-refractivity contribution in [3.05, 3.63) is 62.8 Å². The average molecular weight is 381 g/mol. The number of nitrogens with one attached hydrogen (secondary N) is 2. The zero-order valence-electron chi connectivity index (χ0n) is 14.6. The fraction of sp³-hybridized carbons (Fsp3) is 0.167. The second-order valence-electron chi connectivity index (χ2n) is 5.94. The normalized spacial score (nSPS) is 11.0. The van der Waals surface area contributed by atoms with E-state index >= 15 is 0 Å². The number of amides is 1. The molecule has 3 aromatic heterocycles. The van der Waals surface area contributed by atoms with Crippen LogP contribution in [0.4, 0.5) is 0 Å². The molecule has 0 bridgehead atoms. The van der Waals surface area contributed by atoms with Gasteiger partial charge in [-0.2, -0.15) is 0 Å². The van der Waals surface area contributed by atoms with Gasteiger partial charge < -0.3 is 14.7 Å². The SMILES string of the molecule is Cc1nc2sc(C(=O)NCc3nnc(-c4ccccc4)o3)c(C)c2c(=O)[nH]1. The molecule has 27 heavy (non-hydrogen) atoms. The zero-order valence-corrected chi connectivity index (χ0v) is 15.4. The van der Waals surface area contributed by atoms with Crippen molar-refractivity contribution < 1.29 is 9.21 Å². The highest BCUT2D eigenvalue weighted by Crippen LogP contribution is 2.27. The Morgan fingerprint density at radius 3 is 2.78 bits per heavy atom. The Morgan fingerprint density at radius 2 is 2.00 bits per heavy atom. The number of nitrogens with zero attached hydrogens (tertiary/aromatic N) is 3. The van der Waals surface area contributed by atoms with Crippen LogP contribution >= 0.6 is 11.3 Å². The van der Waals surface area contributed by atoms with Crippen LogP contribution in [0, 0.1) is 13.8 Å². The Bertz CT molecular complexity index is 1190. The van der Waals surface area contributed by atoms with Crippen LogP contribution in [0.5, 0.6) is 0 Å². The number of carbonyl (C=O) groups excluding carboxylic acids is 1. The number of aromatic amines is 1.